The summed E-state index contributed by atoms with van der Waals surface area (Å²) in [4.78, 5) is 24.8. The van der Waals surface area contributed by atoms with Crippen molar-refractivity contribution in [2.75, 3.05) is 13.1 Å². The van der Waals surface area contributed by atoms with Crippen molar-refractivity contribution in [3.05, 3.63) is 0 Å². The Balaban J connectivity index is 2.46. The molecule has 18 heavy (non-hydrogen) atoms. The topological polar surface area (TPSA) is 69.6 Å². The van der Waals surface area contributed by atoms with E-state index in [-0.39, 0.29) is 6.03 Å². The summed E-state index contributed by atoms with van der Waals surface area (Å²) in [6.45, 7) is 5.58. The molecule has 0 bridgehead atoms. The lowest BCUT2D eigenvalue weighted by atomic mass is 10.0. The first kappa shape index (κ1) is 14.8. The number of hydrogen-bond acceptors (Lipinski definition) is 2. The minimum atomic E-state index is -0.943. The first-order valence-electron chi connectivity index (χ1n) is 6.82. The molecular weight excluding hydrogens is 232 g/mol. The highest BCUT2D eigenvalue weighted by molar-refractivity contribution is 5.82. The number of rotatable bonds is 5. The van der Waals surface area contributed by atoms with Crippen molar-refractivity contribution < 1.29 is 14.7 Å². The number of unbranched alkanes of at least 4 members (excludes halogenated alkanes) is 1. The zero-order valence-corrected chi connectivity index (χ0v) is 11.3. The monoisotopic (exact) mass is 256 g/mol. The molecule has 104 valence electrons. The van der Waals surface area contributed by atoms with E-state index in [1.807, 2.05) is 6.92 Å². The van der Waals surface area contributed by atoms with E-state index in [2.05, 4.69) is 12.2 Å². The van der Waals surface area contributed by atoms with E-state index in [1.165, 1.54) is 0 Å². The number of carboxylic acid groups (broad SMARTS) is 1. The molecule has 0 aromatic heterocycles. The third kappa shape index (κ3) is 4.55. The van der Waals surface area contributed by atoms with Gasteiger partial charge >= 0.3 is 12.0 Å². The Morgan fingerprint density at radius 1 is 1.50 bits per heavy atom. The summed E-state index contributed by atoms with van der Waals surface area (Å²) in [5, 5.41) is 11.7. The number of carbonyl (C=O) groups excluding carboxylic acids is 1. The average molecular weight is 256 g/mol. The fourth-order valence-corrected chi connectivity index (χ4v) is 2.28. The lowest BCUT2D eigenvalue weighted by molar-refractivity contribution is -0.139. The number of piperidine rings is 1. The Morgan fingerprint density at radius 2 is 2.22 bits per heavy atom. The molecule has 0 aromatic carbocycles. The standard InChI is InChI=1S/C13H24N2O3/c1-3-4-7-11(12(16)17)14-13(18)15-8-5-6-10(2)9-15/h10-11H,3-9H2,1-2H3,(H,14,18)(H,16,17)/t10?,11-/m0/s1. The molecule has 0 aromatic rings. The van der Waals surface area contributed by atoms with Gasteiger partial charge in [0.05, 0.1) is 0 Å². The molecule has 0 spiro atoms. The molecule has 1 aliphatic rings. The fourth-order valence-electron chi connectivity index (χ4n) is 2.28. The van der Waals surface area contributed by atoms with Crippen LogP contribution >= 0.6 is 0 Å². The highest BCUT2D eigenvalue weighted by Gasteiger charge is 2.25. The third-order valence-corrected chi connectivity index (χ3v) is 3.39. The van der Waals surface area contributed by atoms with Gasteiger partial charge in [-0.3, -0.25) is 0 Å². The minimum absolute atomic E-state index is 0.231. The Hall–Kier alpha value is -1.26. The van der Waals surface area contributed by atoms with E-state index in [1.54, 1.807) is 4.90 Å². The van der Waals surface area contributed by atoms with Gasteiger partial charge in [-0.25, -0.2) is 9.59 Å². The predicted molar refractivity (Wildman–Crippen MR) is 69.5 cm³/mol. The van der Waals surface area contributed by atoms with Gasteiger partial charge in [0.15, 0.2) is 0 Å². The lowest BCUT2D eigenvalue weighted by Gasteiger charge is -2.31. The molecule has 0 radical (unpaired) electrons. The third-order valence-electron chi connectivity index (χ3n) is 3.39. The van der Waals surface area contributed by atoms with Crippen molar-refractivity contribution in [1.82, 2.24) is 10.2 Å². The molecule has 1 unspecified atom stereocenters. The summed E-state index contributed by atoms with van der Waals surface area (Å²) < 4.78 is 0. The van der Waals surface area contributed by atoms with Crippen LogP contribution in [0.1, 0.15) is 46.0 Å². The second-order valence-corrected chi connectivity index (χ2v) is 5.18. The molecule has 1 fully saturated rings. The van der Waals surface area contributed by atoms with Gasteiger partial charge in [-0.05, 0) is 25.2 Å². The maximum Gasteiger partial charge on any atom is 0.326 e. The van der Waals surface area contributed by atoms with Gasteiger partial charge in [-0.15, -0.1) is 0 Å². The summed E-state index contributed by atoms with van der Waals surface area (Å²) in [5.41, 5.74) is 0. The van der Waals surface area contributed by atoms with Crippen molar-refractivity contribution in [3.63, 3.8) is 0 Å². The Kier molecular flexibility index (Phi) is 5.95. The van der Waals surface area contributed by atoms with E-state index in [0.717, 1.165) is 38.8 Å². The average Bonchev–Trinajstić information content (AvgIpc) is 2.33. The maximum atomic E-state index is 12.0. The van der Waals surface area contributed by atoms with Crippen molar-refractivity contribution in [2.45, 2.75) is 52.0 Å². The first-order valence-corrected chi connectivity index (χ1v) is 6.82. The highest BCUT2D eigenvalue weighted by atomic mass is 16.4. The molecule has 2 amide bonds. The second-order valence-electron chi connectivity index (χ2n) is 5.18. The molecule has 1 rings (SSSR count). The van der Waals surface area contributed by atoms with Crippen molar-refractivity contribution in [3.8, 4) is 0 Å². The zero-order valence-electron chi connectivity index (χ0n) is 11.3. The summed E-state index contributed by atoms with van der Waals surface area (Å²) in [6.07, 6.45) is 4.39. The molecule has 1 aliphatic heterocycles. The highest BCUT2D eigenvalue weighted by Crippen LogP contribution is 2.15. The Morgan fingerprint density at radius 3 is 2.78 bits per heavy atom. The van der Waals surface area contributed by atoms with Crippen molar-refractivity contribution in [1.29, 1.82) is 0 Å². The number of likely N-dealkylation sites (tertiary alicyclic amines) is 1. The van der Waals surface area contributed by atoms with Gasteiger partial charge in [0.1, 0.15) is 6.04 Å². The number of aliphatic carboxylic acids is 1. The Bertz CT molecular complexity index is 294. The number of carbonyl (C=O) groups is 2. The number of carboxylic acids is 1. The van der Waals surface area contributed by atoms with E-state index in [0.29, 0.717) is 12.3 Å². The largest absolute Gasteiger partial charge is 0.480 e. The van der Waals surface area contributed by atoms with Crippen LogP contribution in [-0.2, 0) is 4.79 Å². The van der Waals surface area contributed by atoms with Gasteiger partial charge in [0.25, 0.3) is 0 Å². The summed E-state index contributed by atoms with van der Waals surface area (Å²) in [5.74, 6) is -0.440. The van der Waals surface area contributed by atoms with Crippen LogP contribution < -0.4 is 5.32 Å². The normalized spacial score (nSPS) is 21.4. The van der Waals surface area contributed by atoms with E-state index < -0.39 is 12.0 Å². The molecule has 2 atom stereocenters. The molecule has 1 saturated heterocycles. The second kappa shape index (κ2) is 7.24. The van der Waals surface area contributed by atoms with Crippen LogP contribution in [0.25, 0.3) is 0 Å². The number of nitrogens with one attached hydrogen (secondary N) is 1. The number of nitrogens with zero attached hydrogens (tertiary/aromatic N) is 1. The quantitative estimate of drug-likeness (QED) is 0.791. The van der Waals surface area contributed by atoms with E-state index in [4.69, 9.17) is 5.11 Å². The molecule has 2 N–H and O–H groups in total. The molecule has 0 aliphatic carbocycles. The predicted octanol–water partition coefficient (Wildman–Crippen LogP) is 2.07. The summed E-state index contributed by atoms with van der Waals surface area (Å²) >= 11 is 0. The molecular formula is C13H24N2O3. The summed E-state index contributed by atoms with van der Waals surface area (Å²) in [7, 11) is 0. The SMILES string of the molecule is CCCC[C@H](NC(=O)N1CCCC(C)C1)C(=O)O. The molecule has 1 heterocycles. The van der Waals surface area contributed by atoms with Gasteiger partial charge in [-0.1, -0.05) is 26.7 Å². The van der Waals surface area contributed by atoms with Crippen LogP contribution in [0.5, 0.6) is 0 Å². The lowest BCUT2D eigenvalue weighted by Crippen LogP contribution is -2.50. The van der Waals surface area contributed by atoms with Gasteiger partial charge in [0, 0.05) is 13.1 Å². The number of urea groups is 1. The molecule has 5 heteroatoms. The molecule has 5 nitrogen and oxygen atoms in total. The number of amides is 2. The van der Waals surface area contributed by atoms with Gasteiger partial charge in [0.2, 0.25) is 0 Å². The molecule has 0 saturated carbocycles. The van der Waals surface area contributed by atoms with Crippen LogP contribution in [0.4, 0.5) is 4.79 Å². The van der Waals surface area contributed by atoms with Crippen LogP contribution in [0.15, 0.2) is 0 Å². The van der Waals surface area contributed by atoms with Crippen molar-refractivity contribution >= 4 is 12.0 Å². The van der Waals surface area contributed by atoms with Gasteiger partial charge in [-0.2, -0.15) is 0 Å². The summed E-state index contributed by atoms with van der Waals surface area (Å²) in [6, 6.07) is -0.986. The number of hydrogen-bond donors (Lipinski definition) is 2. The van der Waals surface area contributed by atoms with Crippen LogP contribution in [0.3, 0.4) is 0 Å². The minimum Gasteiger partial charge on any atom is -0.480 e. The maximum absolute atomic E-state index is 12.0. The zero-order chi connectivity index (χ0) is 13.5. The Labute approximate surface area is 109 Å². The van der Waals surface area contributed by atoms with Crippen LogP contribution in [0, 0.1) is 5.92 Å². The van der Waals surface area contributed by atoms with E-state index in [9.17, 15) is 9.59 Å². The fraction of sp³-hybridized carbons (Fsp3) is 0.846. The van der Waals surface area contributed by atoms with Gasteiger partial charge < -0.3 is 15.3 Å². The van der Waals surface area contributed by atoms with Crippen molar-refractivity contribution in [2.24, 2.45) is 5.92 Å². The first-order chi connectivity index (χ1) is 8.54. The smallest absolute Gasteiger partial charge is 0.326 e. The van der Waals surface area contributed by atoms with Crippen LogP contribution in [-0.4, -0.2) is 41.1 Å². The van der Waals surface area contributed by atoms with E-state index >= 15 is 0 Å². The van der Waals surface area contributed by atoms with Crippen LogP contribution in [0.2, 0.25) is 0 Å².